The van der Waals surface area contributed by atoms with Crippen LogP contribution >= 0.6 is 0 Å². The molecule has 0 aromatic carbocycles. The molecular formula is C20H32N6O. The van der Waals surface area contributed by atoms with Crippen LogP contribution in [0.2, 0.25) is 0 Å². The SMILES string of the molecule is CN(C)C(=O)CN=C(NC1CCCC1)NC1CCN(c2ccccn2)CC1. The van der Waals surface area contributed by atoms with Crippen LogP contribution in [0.5, 0.6) is 0 Å². The molecule has 0 radical (unpaired) electrons. The van der Waals surface area contributed by atoms with Crippen molar-refractivity contribution in [2.45, 2.75) is 50.6 Å². The summed E-state index contributed by atoms with van der Waals surface area (Å²) in [5.41, 5.74) is 0. The highest BCUT2D eigenvalue weighted by Gasteiger charge is 2.23. The number of hydrogen-bond donors (Lipinski definition) is 2. The molecule has 3 rings (SSSR count). The van der Waals surface area contributed by atoms with E-state index in [1.807, 2.05) is 18.3 Å². The van der Waals surface area contributed by atoms with Crippen LogP contribution in [0.3, 0.4) is 0 Å². The number of likely N-dealkylation sites (N-methyl/N-ethyl adjacent to an activating group) is 1. The lowest BCUT2D eigenvalue weighted by molar-refractivity contribution is -0.127. The van der Waals surface area contributed by atoms with Crippen molar-refractivity contribution in [3.05, 3.63) is 24.4 Å². The molecule has 2 N–H and O–H groups in total. The molecule has 1 aliphatic carbocycles. The molecule has 148 valence electrons. The highest BCUT2D eigenvalue weighted by molar-refractivity contribution is 5.85. The number of nitrogens with one attached hydrogen (secondary N) is 2. The first-order chi connectivity index (χ1) is 13.1. The van der Waals surface area contributed by atoms with Gasteiger partial charge in [0.15, 0.2) is 5.96 Å². The zero-order valence-electron chi connectivity index (χ0n) is 16.5. The van der Waals surface area contributed by atoms with Crippen LogP contribution in [-0.4, -0.2) is 67.6 Å². The number of nitrogens with zero attached hydrogens (tertiary/aromatic N) is 4. The first kappa shape index (κ1) is 19.5. The maximum Gasteiger partial charge on any atom is 0.243 e. The lowest BCUT2D eigenvalue weighted by atomic mass is 10.1. The number of amides is 1. The topological polar surface area (TPSA) is 72.9 Å². The van der Waals surface area contributed by atoms with Gasteiger partial charge in [-0.2, -0.15) is 0 Å². The molecule has 0 unspecified atom stereocenters. The van der Waals surface area contributed by atoms with Crippen LogP contribution < -0.4 is 15.5 Å². The standard InChI is InChI=1S/C20H32N6O/c1-25(2)19(27)15-22-20(23-16-7-3-4-8-16)24-17-10-13-26(14-11-17)18-9-5-6-12-21-18/h5-6,9,12,16-17H,3-4,7-8,10-11,13-15H2,1-2H3,(H2,22,23,24). The normalized spacial score (nSPS) is 19.2. The number of pyridine rings is 1. The van der Waals surface area contributed by atoms with E-state index in [1.165, 1.54) is 25.7 Å². The second-order valence-corrected chi connectivity index (χ2v) is 7.67. The Morgan fingerprint density at radius 1 is 1.15 bits per heavy atom. The number of aliphatic imine (C=N–C) groups is 1. The van der Waals surface area contributed by atoms with Crippen molar-refractivity contribution in [3.8, 4) is 0 Å². The van der Waals surface area contributed by atoms with Gasteiger partial charge in [-0.3, -0.25) is 4.79 Å². The van der Waals surface area contributed by atoms with Gasteiger partial charge >= 0.3 is 0 Å². The van der Waals surface area contributed by atoms with Gasteiger partial charge in [-0.15, -0.1) is 0 Å². The van der Waals surface area contributed by atoms with Gasteiger partial charge in [0, 0.05) is 45.5 Å². The molecule has 1 aliphatic heterocycles. The van der Waals surface area contributed by atoms with Gasteiger partial charge < -0.3 is 20.4 Å². The van der Waals surface area contributed by atoms with Crippen LogP contribution in [0.4, 0.5) is 5.82 Å². The van der Waals surface area contributed by atoms with Crippen LogP contribution in [0.1, 0.15) is 38.5 Å². The fourth-order valence-electron chi connectivity index (χ4n) is 3.67. The summed E-state index contributed by atoms with van der Waals surface area (Å²) in [6, 6.07) is 6.89. The van der Waals surface area contributed by atoms with Crippen LogP contribution in [0, 0.1) is 0 Å². The molecular weight excluding hydrogens is 340 g/mol. The summed E-state index contributed by atoms with van der Waals surface area (Å²) in [6.45, 7) is 2.13. The highest BCUT2D eigenvalue weighted by atomic mass is 16.2. The average Bonchev–Trinajstić information content (AvgIpc) is 3.20. The number of carbonyl (C=O) groups is 1. The highest BCUT2D eigenvalue weighted by Crippen LogP contribution is 2.19. The number of carbonyl (C=O) groups excluding carboxylic acids is 1. The van der Waals surface area contributed by atoms with Crippen molar-refractivity contribution in [3.63, 3.8) is 0 Å². The van der Waals surface area contributed by atoms with Crippen molar-refractivity contribution in [1.82, 2.24) is 20.5 Å². The third-order valence-corrected chi connectivity index (χ3v) is 5.38. The van der Waals surface area contributed by atoms with Crippen molar-refractivity contribution < 1.29 is 4.79 Å². The second-order valence-electron chi connectivity index (χ2n) is 7.67. The lowest BCUT2D eigenvalue weighted by Gasteiger charge is -2.34. The van der Waals surface area contributed by atoms with E-state index in [1.54, 1.807) is 19.0 Å². The third kappa shape index (κ3) is 5.84. The molecule has 7 heteroatoms. The summed E-state index contributed by atoms with van der Waals surface area (Å²) in [5.74, 6) is 1.85. The number of hydrogen-bond acceptors (Lipinski definition) is 4. The Labute approximate surface area is 162 Å². The van der Waals surface area contributed by atoms with E-state index in [0.717, 1.165) is 37.7 Å². The minimum Gasteiger partial charge on any atom is -0.356 e. The number of guanidine groups is 1. The minimum atomic E-state index is 0.0208. The van der Waals surface area contributed by atoms with Crippen LogP contribution in [-0.2, 0) is 4.79 Å². The Morgan fingerprint density at radius 3 is 2.41 bits per heavy atom. The molecule has 1 saturated carbocycles. The molecule has 7 nitrogen and oxygen atoms in total. The molecule has 2 heterocycles. The quantitative estimate of drug-likeness (QED) is 0.607. The zero-order chi connectivity index (χ0) is 19.1. The van der Waals surface area contributed by atoms with Crippen LogP contribution in [0.15, 0.2) is 29.4 Å². The molecule has 1 amide bonds. The van der Waals surface area contributed by atoms with E-state index in [-0.39, 0.29) is 12.5 Å². The number of anilines is 1. The van der Waals surface area contributed by atoms with Crippen molar-refractivity contribution in [2.24, 2.45) is 4.99 Å². The van der Waals surface area contributed by atoms with Crippen molar-refractivity contribution >= 4 is 17.7 Å². The van der Waals surface area contributed by atoms with Gasteiger partial charge in [-0.1, -0.05) is 18.9 Å². The maximum absolute atomic E-state index is 11.9. The largest absolute Gasteiger partial charge is 0.356 e. The molecule has 1 saturated heterocycles. The van der Waals surface area contributed by atoms with E-state index in [2.05, 4.69) is 31.6 Å². The van der Waals surface area contributed by atoms with Gasteiger partial charge in [0.2, 0.25) is 5.91 Å². The Kier molecular flexibility index (Phi) is 6.90. The summed E-state index contributed by atoms with van der Waals surface area (Å²) in [4.78, 5) is 24.8. The van der Waals surface area contributed by atoms with E-state index in [9.17, 15) is 4.79 Å². The monoisotopic (exact) mass is 372 g/mol. The molecule has 0 spiro atoms. The number of rotatable bonds is 5. The predicted octanol–water partition coefficient (Wildman–Crippen LogP) is 1.62. The van der Waals surface area contributed by atoms with E-state index in [0.29, 0.717) is 12.1 Å². The molecule has 27 heavy (non-hydrogen) atoms. The molecule has 1 aromatic rings. The molecule has 2 aliphatic rings. The van der Waals surface area contributed by atoms with Gasteiger partial charge in [-0.05, 0) is 37.8 Å². The van der Waals surface area contributed by atoms with Gasteiger partial charge in [0.05, 0.1) is 0 Å². The van der Waals surface area contributed by atoms with Gasteiger partial charge in [0.1, 0.15) is 12.4 Å². The number of piperidine rings is 1. The Hall–Kier alpha value is -2.31. The van der Waals surface area contributed by atoms with E-state index in [4.69, 9.17) is 0 Å². The van der Waals surface area contributed by atoms with Crippen molar-refractivity contribution in [1.29, 1.82) is 0 Å². The molecule has 2 fully saturated rings. The first-order valence-electron chi connectivity index (χ1n) is 10.1. The molecule has 1 aromatic heterocycles. The first-order valence-corrected chi connectivity index (χ1v) is 10.1. The summed E-state index contributed by atoms with van der Waals surface area (Å²) in [7, 11) is 3.53. The van der Waals surface area contributed by atoms with Crippen LogP contribution in [0.25, 0.3) is 0 Å². The molecule has 0 bridgehead atoms. The lowest BCUT2D eigenvalue weighted by Crippen LogP contribution is -2.51. The number of aromatic nitrogens is 1. The van der Waals surface area contributed by atoms with Gasteiger partial charge in [0.25, 0.3) is 0 Å². The minimum absolute atomic E-state index is 0.0208. The fraction of sp³-hybridized carbons (Fsp3) is 0.650. The van der Waals surface area contributed by atoms with Gasteiger partial charge in [-0.25, -0.2) is 9.98 Å². The van der Waals surface area contributed by atoms with Crippen molar-refractivity contribution in [2.75, 3.05) is 38.6 Å². The average molecular weight is 373 g/mol. The van der Waals surface area contributed by atoms with E-state index < -0.39 is 0 Å². The Morgan fingerprint density at radius 2 is 1.81 bits per heavy atom. The maximum atomic E-state index is 11.9. The van der Waals surface area contributed by atoms with E-state index >= 15 is 0 Å². The Balaban J connectivity index is 1.55. The third-order valence-electron chi connectivity index (χ3n) is 5.38. The fourth-order valence-corrected chi connectivity index (χ4v) is 3.67. The smallest absolute Gasteiger partial charge is 0.243 e. The predicted molar refractivity (Wildman–Crippen MR) is 109 cm³/mol. The summed E-state index contributed by atoms with van der Waals surface area (Å²) < 4.78 is 0. The molecule has 0 atom stereocenters. The summed E-state index contributed by atoms with van der Waals surface area (Å²) >= 11 is 0. The Bertz CT molecular complexity index is 619. The summed E-state index contributed by atoms with van der Waals surface area (Å²) in [5, 5.41) is 7.11. The summed E-state index contributed by atoms with van der Waals surface area (Å²) in [6.07, 6.45) is 8.81. The second kappa shape index (κ2) is 9.58. The zero-order valence-corrected chi connectivity index (χ0v) is 16.5.